The molecule has 0 aliphatic carbocycles. The normalized spacial score (nSPS) is 9.12. The number of carboxylic acid groups (broad SMARTS) is 1. The highest BCUT2D eigenvalue weighted by molar-refractivity contribution is 5.89. The molecule has 0 saturated heterocycles. The molecule has 0 fully saturated rings. The maximum absolute atomic E-state index is 12.6. The van der Waals surface area contributed by atoms with Crippen LogP contribution in [-0.4, -0.2) is 34.4 Å². The summed E-state index contributed by atoms with van der Waals surface area (Å²) in [5.41, 5.74) is -0.104. The Hall–Kier alpha value is -3.16. The van der Waals surface area contributed by atoms with Gasteiger partial charge in [-0.15, -0.1) is 0 Å². The van der Waals surface area contributed by atoms with Gasteiger partial charge in [0.15, 0.2) is 23.1 Å². The van der Waals surface area contributed by atoms with Gasteiger partial charge in [-0.3, -0.25) is 0 Å². The molecule has 0 amide bonds. The fourth-order valence-electron chi connectivity index (χ4n) is 1.39. The summed E-state index contributed by atoms with van der Waals surface area (Å²) in [6, 6.07) is 6.18. The summed E-state index contributed by atoms with van der Waals surface area (Å²) in [5.74, 6) is -4.64. The number of hydrogen-bond acceptors (Lipinski definition) is 5. The first-order valence-electron chi connectivity index (χ1n) is 6.05. The number of methoxy groups -OCH3 is 1. The van der Waals surface area contributed by atoms with Crippen LogP contribution in [0.5, 0.6) is 11.5 Å². The molecular weight excluding hydrogens is 326 g/mol. The smallest absolute Gasteiger partial charge is 0.337 e. The number of carbonyl (C=O) groups excluding carboxylic acids is 1. The zero-order valence-electron chi connectivity index (χ0n) is 11.8. The second kappa shape index (κ2) is 9.09. The Kier molecular flexibility index (Phi) is 7.89. The zero-order chi connectivity index (χ0) is 17.6. The Morgan fingerprint density at radius 1 is 0.917 bits per heavy atom. The predicted octanol–water partition coefficient (Wildman–Crippen LogP) is 3.18. The molecule has 0 unspecified atom stereocenters. The third kappa shape index (κ3) is 5.56. The average Bonchev–Trinajstić information content (AvgIpc) is 2.52. The molecule has 0 bridgehead atoms. The lowest BCUT2D eigenvalue weighted by Crippen LogP contribution is -2.01. The first-order chi connectivity index (χ1) is 10.8. The van der Waals surface area contributed by atoms with Crippen molar-refractivity contribution >= 4 is 11.9 Å². The Morgan fingerprint density at radius 3 is 1.71 bits per heavy atom. The molecule has 3 N–H and O–H groups in total. The Balaban J connectivity index is 0.000000425. The van der Waals surface area contributed by atoms with Gasteiger partial charge in [-0.05, 0) is 36.4 Å². The minimum Gasteiger partial charge on any atom is -0.505 e. The van der Waals surface area contributed by atoms with E-state index in [1.54, 1.807) is 0 Å². The number of ether oxygens (including phenoxy) is 1. The van der Waals surface area contributed by atoms with E-state index < -0.39 is 35.1 Å². The van der Waals surface area contributed by atoms with Crippen molar-refractivity contribution in [2.75, 3.05) is 7.11 Å². The summed E-state index contributed by atoms with van der Waals surface area (Å²) < 4.78 is 29.4. The summed E-state index contributed by atoms with van der Waals surface area (Å²) in [7, 11) is 1.20. The van der Waals surface area contributed by atoms with Crippen LogP contribution in [0, 0.1) is 11.6 Å². The van der Waals surface area contributed by atoms with Crippen LogP contribution in [0.25, 0.3) is 0 Å². The highest BCUT2D eigenvalue weighted by atomic mass is 19.1. The monoisotopic (exact) mass is 342 g/mol. The molecule has 6 nitrogen and oxygen atoms in total. The molecule has 0 saturated carbocycles. The van der Waals surface area contributed by atoms with E-state index in [2.05, 4.69) is 4.74 Å². The lowest BCUT2D eigenvalue weighted by Gasteiger charge is -1.99. The molecule has 0 radical (unpaired) electrons. The second-order valence-corrected chi connectivity index (χ2v) is 4.13. The number of rotatable bonds is 2. The van der Waals surface area contributed by atoms with Crippen molar-refractivity contribution in [2.45, 2.75) is 7.43 Å². The van der Waals surface area contributed by atoms with Crippen molar-refractivity contribution in [1.29, 1.82) is 0 Å². The molecular formula is C16H16F2O6. The van der Waals surface area contributed by atoms with Crippen molar-refractivity contribution < 1.29 is 38.4 Å². The highest BCUT2D eigenvalue weighted by Crippen LogP contribution is 2.16. The van der Waals surface area contributed by atoms with Gasteiger partial charge in [0, 0.05) is 0 Å². The Bertz CT molecular complexity index is 731. The summed E-state index contributed by atoms with van der Waals surface area (Å²) >= 11 is 0. The maximum Gasteiger partial charge on any atom is 0.337 e. The summed E-state index contributed by atoms with van der Waals surface area (Å²) in [4.78, 5) is 21.0. The van der Waals surface area contributed by atoms with Gasteiger partial charge in [0.1, 0.15) is 0 Å². The molecule has 24 heavy (non-hydrogen) atoms. The standard InChI is InChI=1S/C8H7FO3.C7H5FO3.CH4/c1-12-8(11)5-2-3-7(10)6(9)4-5;8-5-3-4(7(10)11)1-2-6(5)9;/h2-4,10H,1H3;1-3,9H,(H,10,11);1H4. The summed E-state index contributed by atoms with van der Waals surface area (Å²) in [6.07, 6.45) is 0. The molecule has 0 aromatic heterocycles. The minimum absolute atomic E-state index is 0. The third-order valence-corrected chi connectivity index (χ3v) is 2.56. The second-order valence-electron chi connectivity index (χ2n) is 4.13. The molecule has 0 aliphatic rings. The van der Waals surface area contributed by atoms with E-state index in [9.17, 15) is 18.4 Å². The predicted molar refractivity (Wildman–Crippen MR) is 81.2 cm³/mol. The van der Waals surface area contributed by atoms with Gasteiger partial charge in [0.05, 0.1) is 18.2 Å². The van der Waals surface area contributed by atoms with Crippen molar-refractivity contribution in [3.8, 4) is 11.5 Å². The lowest BCUT2D eigenvalue weighted by molar-refractivity contribution is 0.0599. The molecule has 0 aliphatic heterocycles. The minimum atomic E-state index is -1.22. The molecule has 130 valence electrons. The van der Waals surface area contributed by atoms with Gasteiger partial charge in [-0.25, -0.2) is 18.4 Å². The fourth-order valence-corrected chi connectivity index (χ4v) is 1.39. The van der Waals surface area contributed by atoms with Crippen LogP contribution in [0.3, 0.4) is 0 Å². The molecule has 2 rings (SSSR count). The van der Waals surface area contributed by atoms with E-state index in [0.29, 0.717) is 0 Å². The molecule has 0 heterocycles. The van der Waals surface area contributed by atoms with Crippen LogP contribution in [-0.2, 0) is 4.74 Å². The zero-order valence-corrected chi connectivity index (χ0v) is 11.8. The van der Waals surface area contributed by atoms with Gasteiger partial charge >= 0.3 is 11.9 Å². The van der Waals surface area contributed by atoms with E-state index in [0.717, 1.165) is 30.3 Å². The largest absolute Gasteiger partial charge is 0.505 e. The Morgan fingerprint density at radius 2 is 1.33 bits per heavy atom. The number of halogens is 2. The quantitative estimate of drug-likeness (QED) is 0.724. The van der Waals surface area contributed by atoms with Crippen LogP contribution < -0.4 is 0 Å². The fraction of sp³-hybridized carbons (Fsp3) is 0.125. The van der Waals surface area contributed by atoms with Gasteiger partial charge in [0.25, 0.3) is 0 Å². The Labute approximate surface area is 136 Å². The molecule has 8 heteroatoms. The number of aromatic hydroxyl groups is 2. The number of phenolic OH excluding ortho intramolecular Hbond substituents is 2. The van der Waals surface area contributed by atoms with E-state index in [1.165, 1.54) is 13.2 Å². The number of hydrogen-bond donors (Lipinski definition) is 3. The number of phenols is 2. The maximum atomic E-state index is 12.6. The molecule has 0 spiro atoms. The highest BCUT2D eigenvalue weighted by Gasteiger charge is 2.08. The van der Waals surface area contributed by atoms with Crippen LogP contribution in [0.2, 0.25) is 0 Å². The number of esters is 1. The molecule has 2 aromatic rings. The van der Waals surface area contributed by atoms with Gasteiger partial charge in [-0.2, -0.15) is 0 Å². The lowest BCUT2D eigenvalue weighted by atomic mass is 10.2. The van der Waals surface area contributed by atoms with Crippen molar-refractivity contribution in [3.05, 3.63) is 59.2 Å². The van der Waals surface area contributed by atoms with Gasteiger partial charge < -0.3 is 20.1 Å². The van der Waals surface area contributed by atoms with Crippen molar-refractivity contribution in [1.82, 2.24) is 0 Å². The van der Waals surface area contributed by atoms with Crippen molar-refractivity contribution in [2.24, 2.45) is 0 Å². The van der Waals surface area contributed by atoms with Crippen LogP contribution >= 0.6 is 0 Å². The van der Waals surface area contributed by atoms with Gasteiger partial charge in [-0.1, -0.05) is 7.43 Å². The number of aromatic carboxylic acids is 1. The first-order valence-corrected chi connectivity index (χ1v) is 6.05. The van der Waals surface area contributed by atoms with E-state index in [-0.39, 0.29) is 18.6 Å². The summed E-state index contributed by atoms with van der Waals surface area (Å²) in [5, 5.41) is 25.8. The van der Waals surface area contributed by atoms with E-state index in [4.69, 9.17) is 15.3 Å². The van der Waals surface area contributed by atoms with Crippen LogP contribution in [0.4, 0.5) is 8.78 Å². The third-order valence-electron chi connectivity index (χ3n) is 2.56. The molecule has 0 atom stereocenters. The van der Waals surface area contributed by atoms with Crippen LogP contribution in [0.15, 0.2) is 36.4 Å². The van der Waals surface area contributed by atoms with E-state index in [1.807, 2.05) is 0 Å². The summed E-state index contributed by atoms with van der Waals surface area (Å²) in [6.45, 7) is 0. The van der Waals surface area contributed by atoms with Gasteiger partial charge in [0.2, 0.25) is 0 Å². The topological polar surface area (TPSA) is 104 Å². The SMILES string of the molecule is C.COC(=O)c1ccc(O)c(F)c1.O=C(O)c1ccc(O)c(F)c1. The van der Waals surface area contributed by atoms with Crippen LogP contribution in [0.1, 0.15) is 28.1 Å². The number of benzene rings is 2. The van der Waals surface area contributed by atoms with Crippen molar-refractivity contribution in [3.63, 3.8) is 0 Å². The first kappa shape index (κ1) is 20.8. The molecule has 2 aromatic carbocycles. The number of carboxylic acids is 1. The van der Waals surface area contributed by atoms with E-state index >= 15 is 0 Å². The number of carbonyl (C=O) groups is 2. The average molecular weight is 342 g/mol.